The summed E-state index contributed by atoms with van der Waals surface area (Å²) in [6.45, 7) is 1.75. The second-order valence-electron chi connectivity index (χ2n) is 5.48. The van der Waals surface area contributed by atoms with E-state index in [0.29, 0.717) is 19.6 Å². The number of rotatable bonds is 7. The Balaban J connectivity index is 0.000000199. The summed E-state index contributed by atoms with van der Waals surface area (Å²) in [7, 11) is 0. The number of H-pyrrole nitrogens is 1. The number of nitrogens with one attached hydrogen (secondary N) is 1. The van der Waals surface area contributed by atoms with E-state index in [4.69, 9.17) is 15.3 Å². The molecule has 3 rings (SSSR count). The van der Waals surface area contributed by atoms with E-state index in [9.17, 15) is 0 Å². The Morgan fingerprint density at radius 1 is 0.760 bits per heavy atom. The predicted octanol–water partition coefficient (Wildman–Crippen LogP) is 1.50. The lowest BCUT2D eigenvalue weighted by molar-refractivity contribution is 0.136. The number of hydrogen-bond acceptors (Lipinski definition) is 5. The van der Waals surface area contributed by atoms with E-state index < -0.39 is 0 Å². The van der Waals surface area contributed by atoms with Gasteiger partial charge in [-0.2, -0.15) is 0 Å². The van der Waals surface area contributed by atoms with Gasteiger partial charge in [0.15, 0.2) is 0 Å². The minimum Gasteiger partial charge on any atom is -0.395 e. The fraction of sp³-hybridized carbons (Fsp3) is 0.316. The quantitative estimate of drug-likeness (QED) is 0.522. The van der Waals surface area contributed by atoms with Crippen LogP contribution in [0, 0.1) is 0 Å². The first-order valence-electron chi connectivity index (χ1n) is 8.33. The maximum atomic E-state index is 8.48. The van der Waals surface area contributed by atoms with Crippen LogP contribution in [0.5, 0.6) is 0 Å². The van der Waals surface area contributed by atoms with Crippen LogP contribution in [0.4, 0.5) is 0 Å². The number of hydrogen-bond donors (Lipinski definition) is 4. The molecule has 134 valence electrons. The molecule has 0 fully saturated rings. The first kappa shape index (κ1) is 19.1. The molecule has 3 aromatic rings. The van der Waals surface area contributed by atoms with Crippen LogP contribution >= 0.6 is 0 Å². The Morgan fingerprint density at radius 2 is 1.32 bits per heavy atom. The van der Waals surface area contributed by atoms with Gasteiger partial charge < -0.3 is 20.3 Å². The molecule has 0 aliphatic heterocycles. The van der Waals surface area contributed by atoms with Crippen molar-refractivity contribution in [3.8, 4) is 11.4 Å². The zero-order chi connectivity index (χ0) is 17.9. The monoisotopic (exact) mass is 343 g/mol. The molecule has 6 nitrogen and oxygen atoms in total. The summed E-state index contributed by atoms with van der Waals surface area (Å²) in [6.07, 6.45) is 0. The van der Waals surface area contributed by atoms with Gasteiger partial charge in [-0.05, 0) is 12.1 Å². The molecule has 25 heavy (non-hydrogen) atoms. The lowest BCUT2D eigenvalue weighted by atomic mass is 10.2. The lowest BCUT2D eigenvalue weighted by Crippen LogP contribution is -2.32. The fourth-order valence-electron chi connectivity index (χ4n) is 2.45. The molecule has 0 unspecified atom stereocenters. The second-order valence-corrected chi connectivity index (χ2v) is 5.48. The first-order valence-corrected chi connectivity index (χ1v) is 8.33. The van der Waals surface area contributed by atoms with Crippen LogP contribution in [0.2, 0.25) is 0 Å². The van der Waals surface area contributed by atoms with Crippen molar-refractivity contribution in [2.75, 3.05) is 39.5 Å². The molecule has 0 aliphatic rings. The molecule has 0 spiro atoms. The summed E-state index contributed by atoms with van der Waals surface area (Å²) < 4.78 is 0. The number of para-hydroxylation sites is 2. The highest BCUT2D eigenvalue weighted by Crippen LogP contribution is 2.19. The zero-order valence-electron chi connectivity index (χ0n) is 14.2. The highest BCUT2D eigenvalue weighted by Gasteiger charge is 2.03. The summed E-state index contributed by atoms with van der Waals surface area (Å²) >= 11 is 0. The Morgan fingerprint density at radius 3 is 1.88 bits per heavy atom. The van der Waals surface area contributed by atoms with Crippen molar-refractivity contribution in [2.24, 2.45) is 0 Å². The molecule has 2 aromatic carbocycles. The minimum atomic E-state index is 0.0694. The van der Waals surface area contributed by atoms with Gasteiger partial charge in [-0.25, -0.2) is 4.98 Å². The van der Waals surface area contributed by atoms with Crippen LogP contribution < -0.4 is 0 Å². The van der Waals surface area contributed by atoms with Crippen molar-refractivity contribution < 1.29 is 15.3 Å². The molecule has 0 saturated heterocycles. The maximum absolute atomic E-state index is 8.48. The van der Waals surface area contributed by atoms with Crippen molar-refractivity contribution in [1.82, 2.24) is 14.9 Å². The Hall–Kier alpha value is -2.25. The molecule has 0 amide bonds. The first-order chi connectivity index (χ1) is 12.3. The standard InChI is InChI=1S/C13H10N2.C6H15NO3/c1-2-6-10(7-3-1)13-14-11-8-4-5-9-12(11)15-13;8-4-1-7(2-5-9)3-6-10/h1-9H,(H,14,15);8-10H,1-6H2. The van der Waals surface area contributed by atoms with Gasteiger partial charge in [0.2, 0.25) is 0 Å². The van der Waals surface area contributed by atoms with Crippen LogP contribution in [-0.2, 0) is 0 Å². The van der Waals surface area contributed by atoms with Gasteiger partial charge in [-0.15, -0.1) is 0 Å². The molecule has 0 saturated carbocycles. The number of aromatic nitrogens is 2. The minimum absolute atomic E-state index is 0.0694. The van der Waals surface area contributed by atoms with Gasteiger partial charge in [-0.1, -0.05) is 42.5 Å². The van der Waals surface area contributed by atoms with Gasteiger partial charge >= 0.3 is 0 Å². The van der Waals surface area contributed by atoms with Crippen molar-refractivity contribution in [3.05, 3.63) is 54.6 Å². The van der Waals surface area contributed by atoms with E-state index in [0.717, 1.165) is 22.4 Å². The third-order valence-corrected chi connectivity index (χ3v) is 3.69. The van der Waals surface area contributed by atoms with Gasteiger partial charge in [-0.3, -0.25) is 4.90 Å². The van der Waals surface area contributed by atoms with E-state index in [1.807, 2.05) is 42.5 Å². The molecule has 1 aromatic heterocycles. The van der Waals surface area contributed by atoms with Crippen LogP contribution in [0.3, 0.4) is 0 Å². The van der Waals surface area contributed by atoms with Crippen LogP contribution in [0.1, 0.15) is 0 Å². The fourth-order valence-corrected chi connectivity index (χ4v) is 2.45. The molecule has 0 aliphatic carbocycles. The summed E-state index contributed by atoms with van der Waals surface area (Å²) in [5, 5.41) is 25.5. The summed E-state index contributed by atoms with van der Waals surface area (Å²) in [6, 6.07) is 18.2. The number of nitrogens with zero attached hydrogens (tertiary/aromatic N) is 2. The zero-order valence-corrected chi connectivity index (χ0v) is 14.2. The SMILES string of the molecule is OCCN(CCO)CCO.c1ccc(-c2nc3ccccc3[nH]2)cc1. The maximum Gasteiger partial charge on any atom is 0.138 e. The summed E-state index contributed by atoms with van der Waals surface area (Å²) in [5.41, 5.74) is 3.21. The average molecular weight is 343 g/mol. The van der Waals surface area contributed by atoms with Crippen molar-refractivity contribution in [2.45, 2.75) is 0 Å². The van der Waals surface area contributed by atoms with Gasteiger partial charge in [0, 0.05) is 25.2 Å². The van der Waals surface area contributed by atoms with E-state index in [2.05, 4.69) is 22.1 Å². The van der Waals surface area contributed by atoms with Crippen LogP contribution in [-0.4, -0.2) is 69.6 Å². The number of imidazole rings is 1. The number of aliphatic hydroxyl groups excluding tert-OH is 3. The number of benzene rings is 2. The molecule has 4 N–H and O–H groups in total. The number of fused-ring (bicyclic) bond motifs is 1. The molecule has 1 heterocycles. The van der Waals surface area contributed by atoms with Gasteiger partial charge in [0.05, 0.1) is 30.9 Å². The highest BCUT2D eigenvalue weighted by atomic mass is 16.3. The third kappa shape index (κ3) is 5.95. The lowest BCUT2D eigenvalue weighted by Gasteiger charge is -2.17. The van der Waals surface area contributed by atoms with E-state index in [1.54, 1.807) is 4.90 Å². The molecular weight excluding hydrogens is 318 g/mol. The molecule has 0 radical (unpaired) electrons. The Kier molecular flexibility index (Phi) is 8.08. The predicted molar refractivity (Wildman–Crippen MR) is 99.2 cm³/mol. The van der Waals surface area contributed by atoms with Gasteiger partial charge in [0.25, 0.3) is 0 Å². The van der Waals surface area contributed by atoms with Gasteiger partial charge in [0.1, 0.15) is 5.82 Å². The van der Waals surface area contributed by atoms with Crippen LogP contribution in [0.25, 0.3) is 22.4 Å². The normalized spacial score (nSPS) is 10.7. The van der Waals surface area contributed by atoms with E-state index >= 15 is 0 Å². The van der Waals surface area contributed by atoms with Crippen molar-refractivity contribution in [1.29, 1.82) is 0 Å². The second kappa shape index (κ2) is 10.6. The summed E-state index contributed by atoms with van der Waals surface area (Å²) in [4.78, 5) is 9.62. The van der Waals surface area contributed by atoms with E-state index in [1.165, 1.54) is 0 Å². The molecule has 6 heteroatoms. The average Bonchev–Trinajstić information content (AvgIpc) is 3.08. The van der Waals surface area contributed by atoms with E-state index in [-0.39, 0.29) is 19.8 Å². The Bertz CT molecular complexity index is 684. The number of aromatic amines is 1. The topological polar surface area (TPSA) is 92.6 Å². The smallest absolute Gasteiger partial charge is 0.138 e. The third-order valence-electron chi connectivity index (χ3n) is 3.69. The van der Waals surface area contributed by atoms with Crippen molar-refractivity contribution >= 4 is 11.0 Å². The highest BCUT2D eigenvalue weighted by molar-refractivity contribution is 5.79. The molecule has 0 bridgehead atoms. The van der Waals surface area contributed by atoms with Crippen molar-refractivity contribution in [3.63, 3.8) is 0 Å². The number of aliphatic hydroxyl groups is 3. The largest absolute Gasteiger partial charge is 0.395 e. The van der Waals surface area contributed by atoms with Crippen LogP contribution in [0.15, 0.2) is 54.6 Å². The molecule has 0 atom stereocenters. The Labute approximate surface area is 147 Å². The summed E-state index contributed by atoms with van der Waals surface area (Å²) in [5.74, 6) is 0.928. The molecular formula is C19H25N3O3.